The molecule has 8 heteroatoms. The zero-order valence-corrected chi connectivity index (χ0v) is 21.9. The second-order valence-electron chi connectivity index (χ2n) is 8.79. The number of halogens is 2. The van der Waals surface area contributed by atoms with Crippen LogP contribution in [-0.4, -0.2) is 27.9 Å². The third-order valence-corrected chi connectivity index (χ3v) is 7.61. The summed E-state index contributed by atoms with van der Waals surface area (Å²) in [6, 6.07) is 23.7. The minimum absolute atomic E-state index is 0.0512. The van der Waals surface area contributed by atoms with Gasteiger partial charge in [0.15, 0.2) is 0 Å². The van der Waals surface area contributed by atoms with Gasteiger partial charge in [0.2, 0.25) is 5.78 Å². The van der Waals surface area contributed by atoms with E-state index in [0.717, 1.165) is 35.5 Å². The van der Waals surface area contributed by atoms with E-state index in [9.17, 15) is 14.7 Å². The molecule has 1 aliphatic rings. The van der Waals surface area contributed by atoms with E-state index in [0.29, 0.717) is 21.0 Å². The molecule has 0 radical (unpaired) electrons. The van der Waals surface area contributed by atoms with Gasteiger partial charge in [-0.3, -0.25) is 9.78 Å². The van der Waals surface area contributed by atoms with Crippen molar-refractivity contribution in [2.75, 3.05) is 4.90 Å². The molecular formula is C29H22Cl2N2O3S. The van der Waals surface area contributed by atoms with Crippen molar-refractivity contribution >= 4 is 52.4 Å². The van der Waals surface area contributed by atoms with Crippen LogP contribution >= 0.6 is 35.0 Å². The van der Waals surface area contributed by atoms with E-state index in [1.54, 1.807) is 42.6 Å². The molecule has 0 atom stereocenters. The molecule has 0 bridgehead atoms. The van der Waals surface area contributed by atoms with Crippen LogP contribution in [-0.2, 0) is 6.54 Å². The van der Waals surface area contributed by atoms with Gasteiger partial charge in [-0.25, -0.2) is 4.79 Å². The number of pyridine rings is 1. The van der Waals surface area contributed by atoms with Crippen molar-refractivity contribution in [1.82, 2.24) is 4.98 Å². The summed E-state index contributed by atoms with van der Waals surface area (Å²) in [5.41, 5.74) is 2.67. The molecule has 0 aliphatic heterocycles. The molecule has 4 aromatic rings. The van der Waals surface area contributed by atoms with Gasteiger partial charge in [-0.2, -0.15) is 0 Å². The van der Waals surface area contributed by atoms with Gasteiger partial charge >= 0.3 is 5.97 Å². The molecule has 0 saturated heterocycles. The molecular weight excluding hydrogens is 527 g/mol. The van der Waals surface area contributed by atoms with Crippen molar-refractivity contribution in [1.29, 1.82) is 0 Å². The summed E-state index contributed by atoms with van der Waals surface area (Å²) < 4.78 is 0. The normalized spacial score (nSPS) is 12.8. The van der Waals surface area contributed by atoms with Crippen molar-refractivity contribution in [3.05, 3.63) is 117 Å². The Morgan fingerprint density at radius 1 is 0.946 bits per heavy atom. The van der Waals surface area contributed by atoms with Crippen LogP contribution in [0.1, 0.15) is 44.8 Å². The molecule has 1 fully saturated rings. The van der Waals surface area contributed by atoms with Crippen LogP contribution < -0.4 is 4.90 Å². The summed E-state index contributed by atoms with van der Waals surface area (Å²) in [5.74, 6) is -1.44. The first kappa shape index (κ1) is 25.3. The standard InChI is InChI=1S/C29H22Cl2N2O3S/c30-20-7-4-18(5-8-20)17-33(22-9-10-22)23-11-12-26(32-16-23)28(34)19-6-13-27(25(14-19)29(35)36)37-24-3-1-2-21(31)15-24/h1-8,11-16,22H,9-10,17H2,(H,35,36). The molecule has 1 saturated carbocycles. The maximum absolute atomic E-state index is 13.2. The van der Waals surface area contributed by atoms with E-state index in [4.69, 9.17) is 23.2 Å². The van der Waals surface area contributed by atoms with E-state index >= 15 is 0 Å². The summed E-state index contributed by atoms with van der Waals surface area (Å²) in [5, 5.41) is 11.1. The fraction of sp³-hybridized carbons (Fsp3) is 0.138. The van der Waals surface area contributed by atoms with Gasteiger partial charge in [0.05, 0.1) is 17.4 Å². The lowest BCUT2D eigenvalue weighted by Gasteiger charge is -2.24. The number of carbonyl (C=O) groups is 2. The monoisotopic (exact) mass is 548 g/mol. The highest BCUT2D eigenvalue weighted by molar-refractivity contribution is 7.99. The summed E-state index contributed by atoms with van der Waals surface area (Å²) in [6.45, 7) is 0.727. The fourth-order valence-corrected chi connectivity index (χ4v) is 5.39. The summed E-state index contributed by atoms with van der Waals surface area (Å²) in [4.78, 5) is 33.2. The number of carboxylic acids is 1. The highest BCUT2D eigenvalue weighted by Gasteiger charge is 2.29. The summed E-state index contributed by atoms with van der Waals surface area (Å²) >= 11 is 13.4. The lowest BCUT2D eigenvalue weighted by Crippen LogP contribution is -2.25. The minimum Gasteiger partial charge on any atom is -0.478 e. The molecule has 0 spiro atoms. The third kappa shape index (κ3) is 6.16. The summed E-state index contributed by atoms with van der Waals surface area (Å²) in [7, 11) is 0. The van der Waals surface area contributed by atoms with Gasteiger partial charge in [-0.05, 0) is 79.1 Å². The number of carbonyl (C=O) groups excluding carboxylic acids is 1. The molecule has 186 valence electrons. The number of hydrogen-bond donors (Lipinski definition) is 1. The van der Waals surface area contributed by atoms with Gasteiger partial charge in [-0.1, -0.05) is 53.2 Å². The van der Waals surface area contributed by atoms with Gasteiger partial charge in [0, 0.05) is 38.0 Å². The largest absolute Gasteiger partial charge is 0.478 e. The third-order valence-electron chi connectivity index (χ3n) is 6.06. The molecule has 3 aromatic carbocycles. The first-order valence-electron chi connectivity index (χ1n) is 11.7. The molecule has 1 aliphatic carbocycles. The zero-order valence-electron chi connectivity index (χ0n) is 19.6. The molecule has 5 nitrogen and oxygen atoms in total. The number of rotatable bonds is 9. The molecule has 1 heterocycles. The SMILES string of the molecule is O=C(c1ccc(Sc2cccc(Cl)c2)c(C(=O)O)c1)c1ccc(N(Cc2ccc(Cl)cc2)C2CC2)cn1. The molecule has 37 heavy (non-hydrogen) atoms. The van der Waals surface area contributed by atoms with Gasteiger partial charge in [0.25, 0.3) is 0 Å². The molecule has 5 rings (SSSR count). The number of aromatic nitrogens is 1. The fourth-order valence-electron chi connectivity index (χ4n) is 4.03. The predicted octanol–water partition coefficient (Wildman–Crippen LogP) is 7.64. The Hall–Kier alpha value is -3.32. The zero-order chi connectivity index (χ0) is 25.9. The van der Waals surface area contributed by atoms with Crippen molar-refractivity contribution in [2.24, 2.45) is 0 Å². The lowest BCUT2D eigenvalue weighted by atomic mass is 10.0. The van der Waals surface area contributed by atoms with Gasteiger partial charge in [0.1, 0.15) is 5.69 Å². The Balaban J connectivity index is 1.35. The van der Waals surface area contributed by atoms with E-state index in [1.807, 2.05) is 36.4 Å². The van der Waals surface area contributed by atoms with Crippen molar-refractivity contribution in [3.63, 3.8) is 0 Å². The van der Waals surface area contributed by atoms with Crippen molar-refractivity contribution in [2.45, 2.75) is 35.2 Å². The van der Waals surface area contributed by atoms with Crippen LogP contribution in [0.25, 0.3) is 0 Å². The highest BCUT2D eigenvalue weighted by atomic mass is 35.5. The number of ketones is 1. The molecule has 1 N–H and O–H groups in total. The van der Waals surface area contributed by atoms with Crippen LogP contribution in [0.4, 0.5) is 5.69 Å². The smallest absolute Gasteiger partial charge is 0.336 e. The van der Waals surface area contributed by atoms with E-state index in [2.05, 4.69) is 9.88 Å². The van der Waals surface area contributed by atoms with Crippen LogP contribution in [0.15, 0.2) is 94.9 Å². The number of nitrogens with zero attached hydrogens (tertiary/aromatic N) is 2. The molecule has 1 aromatic heterocycles. The van der Waals surface area contributed by atoms with E-state index in [-0.39, 0.29) is 22.6 Å². The first-order valence-corrected chi connectivity index (χ1v) is 13.3. The number of anilines is 1. The van der Waals surface area contributed by atoms with Crippen molar-refractivity contribution in [3.8, 4) is 0 Å². The maximum atomic E-state index is 13.2. The Morgan fingerprint density at radius 3 is 2.38 bits per heavy atom. The highest BCUT2D eigenvalue weighted by Crippen LogP contribution is 2.34. The van der Waals surface area contributed by atoms with Gasteiger partial charge in [-0.15, -0.1) is 0 Å². The van der Waals surface area contributed by atoms with E-state index < -0.39 is 5.97 Å². The lowest BCUT2D eigenvalue weighted by molar-refractivity contribution is 0.0693. The molecule has 0 unspecified atom stereocenters. The predicted molar refractivity (Wildman–Crippen MR) is 147 cm³/mol. The second kappa shape index (κ2) is 11.0. The number of carboxylic acid groups (broad SMARTS) is 1. The number of aromatic carboxylic acids is 1. The van der Waals surface area contributed by atoms with Crippen molar-refractivity contribution < 1.29 is 14.7 Å². The van der Waals surface area contributed by atoms with E-state index in [1.165, 1.54) is 17.8 Å². The Labute approximate surface area is 229 Å². The number of hydrogen-bond acceptors (Lipinski definition) is 5. The van der Waals surface area contributed by atoms with Crippen LogP contribution in [0, 0.1) is 0 Å². The Morgan fingerprint density at radius 2 is 1.73 bits per heavy atom. The van der Waals surface area contributed by atoms with Crippen LogP contribution in [0.5, 0.6) is 0 Å². The quantitative estimate of drug-likeness (QED) is 0.217. The summed E-state index contributed by atoms with van der Waals surface area (Å²) in [6.07, 6.45) is 3.94. The second-order valence-corrected chi connectivity index (χ2v) is 10.8. The van der Waals surface area contributed by atoms with Gasteiger partial charge < -0.3 is 10.0 Å². The van der Waals surface area contributed by atoms with Crippen LogP contribution in [0.2, 0.25) is 10.0 Å². The minimum atomic E-state index is -1.11. The average molecular weight is 549 g/mol. The first-order chi connectivity index (χ1) is 17.9. The Bertz CT molecular complexity index is 1460. The molecule has 0 amide bonds. The Kier molecular flexibility index (Phi) is 7.51. The van der Waals surface area contributed by atoms with Crippen LogP contribution in [0.3, 0.4) is 0 Å². The maximum Gasteiger partial charge on any atom is 0.336 e. The topological polar surface area (TPSA) is 70.5 Å². The average Bonchev–Trinajstić information content (AvgIpc) is 3.74. The number of benzene rings is 3.